The molecule has 1 saturated heterocycles. The summed E-state index contributed by atoms with van der Waals surface area (Å²) in [5.41, 5.74) is 1.25. The number of methoxy groups -OCH3 is 2. The van der Waals surface area contributed by atoms with Crippen molar-refractivity contribution >= 4 is 28.8 Å². The molecule has 0 aliphatic carbocycles. The van der Waals surface area contributed by atoms with Crippen LogP contribution in [-0.4, -0.2) is 54.2 Å². The van der Waals surface area contributed by atoms with Gasteiger partial charge in [0.05, 0.1) is 14.2 Å². The highest BCUT2D eigenvalue weighted by Gasteiger charge is 2.29. The lowest BCUT2D eigenvalue weighted by atomic mass is 9.98. The summed E-state index contributed by atoms with van der Waals surface area (Å²) in [7, 11) is 3.11. The maximum atomic E-state index is 13.1. The first-order chi connectivity index (χ1) is 15.6. The third-order valence-corrected chi connectivity index (χ3v) is 6.44. The fourth-order valence-corrected chi connectivity index (χ4v) is 4.58. The number of nitrogens with zero attached hydrogens (tertiary/aromatic N) is 3. The maximum absolute atomic E-state index is 13.1. The van der Waals surface area contributed by atoms with E-state index in [9.17, 15) is 9.59 Å². The van der Waals surface area contributed by atoms with Gasteiger partial charge in [0, 0.05) is 30.3 Å². The van der Waals surface area contributed by atoms with Crippen molar-refractivity contribution in [2.45, 2.75) is 18.8 Å². The second-order valence-corrected chi connectivity index (χ2v) is 8.43. The molecule has 0 bridgehead atoms. The predicted octanol–water partition coefficient (Wildman–Crippen LogP) is 3.83. The zero-order valence-electron chi connectivity index (χ0n) is 17.9. The summed E-state index contributed by atoms with van der Waals surface area (Å²) in [6, 6.07) is 14.4. The third-order valence-electron chi connectivity index (χ3n) is 5.35. The van der Waals surface area contributed by atoms with Crippen LogP contribution in [0.2, 0.25) is 0 Å². The lowest BCUT2D eigenvalue weighted by molar-refractivity contribution is 0.0706. The number of anilines is 1. The van der Waals surface area contributed by atoms with Crippen LogP contribution in [0.4, 0.5) is 5.69 Å². The van der Waals surface area contributed by atoms with E-state index in [2.05, 4.69) is 15.5 Å². The van der Waals surface area contributed by atoms with E-state index >= 15 is 0 Å². The first kappa shape index (κ1) is 21.8. The molecule has 0 radical (unpaired) electrons. The van der Waals surface area contributed by atoms with Gasteiger partial charge < -0.3 is 19.7 Å². The van der Waals surface area contributed by atoms with Crippen LogP contribution in [-0.2, 0) is 0 Å². The lowest BCUT2D eigenvalue weighted by Crippen LogP contribution is -2.39. The second kappa shape index (κ2) is 9.78. The van der Waals surface area contributed by atoms with Crippen molar-refractivity contribution in [3.63, 3.8) is 0 Å². The van der Waals surface area contributed by atoms with Gasteiger partial charge in [-0.25, -0.2) is 0 Å². The molecule has 2 aromatic carbocycles. The Morgan fingerprint density at radius 1 is 1.06 bits per heavy atom. The molecule has 1 aromatic heterocycles. The van der Waals surface area contributed by atoms with Crippen LogP contribution in [0.25, 0.3) is 0 Å². The van der Waals surface area contributed by atoms with E-state index < -0.39 is 0 Å². The van der Waals surface area contributed by atoms with Crippen molar-refractivity contribution < 1.29 is 19.1 Å². The standard InChI is InChI=1S/C23H24N4O4S/c1-30-18-11-10-15(13-19(18)31-2)23(29)27-12-6-7-16(14-27)21-25-26-22(32-21)20(28)24-17-8-4-3-5-9-17/h3-5,8-11,13,16H,6-7,12,14H2,1-2H3,(H,24,28)/t16-/m1/s1. The monoisotopic (exact) mass is 452 g/mol. The summed E-state index contributed by atoms with van der Waals surface area (Å²) >= 11 is 1.28. The van der Waals surface area contributed by atoms with Crippen molar-refractivity contribution in [3.8, 4) is 11.5 Å². The summed E-state index contributed by atoms with van der Waals surface area (Å²) < 4.78 is 10.6. The summed E-state index contributed by atoms with van der Waals surface area (Å²) in [5, 5.41) is 12.2. The van der Waals surface area contributed by atoms with Crippen LogP contribution in [0.15, 0.2) is 48.5 Å². The molecule has 2 heterocycles. The van der Waals surface area contributed by atoms with Crippen molar-refractivity contribution in [1.82, 2.24) is 15.1 Å². The van der Waals surface area contributed by atoms with Gasteiger partial charge in [-0.2, -0.15) is 0 Å². The van der Waals surface area contributed by atoms with Crippen molar-refractivity contribution in [1.29, 1.82) is 0 Å². The SMILES string of the molecule is COc1ccc(C(=O)N2CCC[C@@H](c3nnc(C(=O)Nc4ccccc4)s3)C2)cc1OC. The Labute approximate surface area is 190 Å². The number of hydrogen-bond acceptors (Lipinski definition) is 7. The number of ether oxygens (including phenoxy) is 2. The highest BCUT2D eigenvalue weighted by molar-refractivity contribution is 7.13. The Morgan fingerprint density at radius 2 is 1.84 bits per heavy atom. The van der Waals surface area contributed by atoms with E-state index in [1.165, 1.54) is 11.3 Å². The topological polar surface area (TPSA) is 93.7 Å². The minimum Gasteiger partial charge on any atom is -0.493 e. The summed E-state index contributed by atoms with van der Waals surface area (Å²) in [5.74, 6) is 0.792. The summed E-state index contributed by atoms with van der Waals surface area (Å²) in [6.45, 7) is 1.20. The fourth-order valence-electron chi connectivity index (χ4n) is 3.71. The minimum atomic E-state index is -0.283. The molecule has 32 heavy (non-hydrogen) atoms. The normalized spacial score (nSPS) is 15.8. The Hall–Kier alpha value is -3.46. The highest BCUT2D eigenvalue weighted by atomic mass is 32.1. The first-order valence-corrected chi connectivity index (χ1v) is 11.1. The Balaban J connectivity index is 1.44. The van der Waals surface area contributed by atoms with Gasteiger partial charge in [0.1, 0.15) is 5.01 Å². The number of benzene rings is 2. The number of amides is 2. The number of rotatable bonds is 6. The number of para-hydroxylation sites is 1. The van der Waals surface area contributed by atoms with Gasteiger partial charge in [0.2, 0.25) is 5.01 Å². The molecule has 0 saturated carbocycles. The summed E-state index contributed by atoms with van der Waals surface area (Å²) in [4.78, 5) is 27.4. The van der Waals surface area contributed by atoms with E-state index in [-0.39, 0.29) is 17.7 Å². The molecule has 2 amide bonds. The average molecular weight is 453 g/mol. The molecular weight excluding hydrogens is 428 g/mol. The Bertz CT molecular complexity index is 1100. The van der Waals surface area contributed by atoms with Gasteiger partial charge in [0.25, 0.3) is 11.8 Å². The van der Waals surface area contributed by atoms with E-state index in [1.807, 2.05) is 35.2 Å². The molecule has 1 N–H and O–H groups in total. The van der Waals surface area contributed by atoms with Crippen molar-refractivity contribution in [3.05, 3.63) is 64.1 Å². The summed E-state index contributed by atoms with van der Waals surface area (Å²) in [6.07, 6.45) is 1.75. The number of carbonyl (C=O) groups excluding carboxylic acids is 2. The van der Waals surface area contributed by atoms with Crippen LogP contribution in [0.5, 0.6) is 11.5 Å². The van der Waals surface area contributed by atoms with Crippen molar-refractivity contribution in [2.24, 2.45) is 0 Å². The number of hydrogen-bond donors (Lipinski definition) is 1. The van der Waals surface area contributed by atoms with Crippen molar-refractivity contribution in [2.75, 3.05) is 32.6 Å². The third kappa shape index (κ3) is 4.72. The molecule has 0 spiro atoms. The van der Waals surface area contributed by atoms with Gasteiger partial charge in [0.15, 0.2) is 11.5 Å². The van der Waals surface area contributed by atoms with E-state index in [0.29, 0.717) is 40.8 Å². The number of nitrogens with one attached hydrogen (secondary N) is 1. The van der Waals surface area contributed by atoms with E-state index in [1.54, 1.807) is 32.4 Å². The molecule has 8 nitrogen and oxygen atoms in total. The van der Waals surface area contributed by atoms with Crippen LogP contribution < -0.4 is 14.8 Å². The quantitative estimate of drug-likeness (QED) is 0.611. The number of piperidine rings is 1. The molecule has 166 valence electrons. The van der Waals surface area contributed by atoms with Crippen LogP contribution in [0.3, 0.4) is 0 Å². The molecule has 4 rings (SSSR count). The van der Waals surface area contributed by atoms with Gasteiger partial charge in [-0.1, -0.05) is 29.5 Å². The van der Waals surface area contributed by atoms with Gasteiger partial charge in [-0.15, -0.1) is 10.2 Å². The fraction of sp³-hybridized carbons (Fsp3) is 0.304. The molecule has 3 aromatic rings. The largest absolute Gasteiger partial charge is 0.493 e. The van der Waals surface area contributed by atoms with Crippen LogP contribution >= 0.6 is 11.3 Å². The smallest absolute Gasteiger partial charge is 0.286 e. The molecule has 1 fully saturated rings. The average Bonchev–Trinajstić information content (AvgIpc) is 3.34. The molecule has 1 aliphatic heterocycles. The van der Waals surface area contributed by atoms with Gasteiger partial charge in [-0.05, 0) is 43.2 Å². The number of aromatic nitrogens is 2. The zero-order chi connectivity index (χ0) is 22.5. The second-order valence-electron chi connectivity index (χ2n) is 7.43. The van der Waals surface area contributed by atoms with Gasteiger partial charge >= 0.3 is 0 Å². The lowest BCUT2D eigenvalue weighted by Gasteiger charge is -2.31. The predicted molar refractivity (Wildman–Crippen MR) is 122 cm³/mol. The number of carbonyl (C=O) groups is 2. The molecule has 1 aliphatic rings. The molecular formula is C23H24N4O4S. The molecule has 0 unspecified atom stereocenters. The Kier molecular flexibility index (Phi) is 6.65. The maximum Gasteiger partial charge on any atom is 0.286 e. The first-order valence-electron chi connectivity index (χ1n) is 10.3. The zero-order valence-corrected chi connectivity index (χ0v) is 18.7. The van der Waals surface area contributed by atoms with E-state index in [0.717, 1.165) is 17.8 Å². The van der Waals surface area contributed by atoms with Crippen LogP contribution in [0.1, 0.15) is 43.9 Å². The minimum absolute atomic E-state index is 0.0450. The van der Waals surface area contributed by atoms with Gasteiger partial charge in [-0.3, -0.25) is 9.59 Å². The van der Waals surface area contributed by atoms with E-state index in [4.69, 9.17) is 9.47 Å². The highest BCUT2D eigenvalue weighted by Crippen LogP contribution is 2.32. The number of likely N-dealkylation sites (tertiary alicyclic amines) is 1. The molecule has 9 heteroatoms. The Morgan fingerprint density at radius 3 is 2.59 bits per heavy atom. The molecule has 1 atom stereocenters. The van der Waals surface area contributed by atoms with Crippen LogP contribution in [0, 0.1) is 0 Å².